The maximum absolute atomic E-state index is 12.1. The first-order chi connectivity index (χ1) is 12.1. The number of methoxy groups -OCH3 is 2. The lowest BCUT2D eigenvalue weighted by atomic mass is 10.1. The van der Waals surface area contributed by atoms with Crippen LogP contribution in [-0.2, 0) is 6.42 Å². The van der Waals surface area contributed by atoms with Gasteiger partial charge in [0.15, 0.2) is 6.73 Å². The van der Waals surface area contributed by atoms with Crippen LogP contribution >= 0.6 is 11.6 Å². The van der Waals surface area contributed by atoms with Gasteiger partial charge in [0.2, 0.25) is 0 Å². The van der Waals surface area contributed by atoms with E-state index >= 15 is 0 Å². The van der Waals surface area contributed by atoms with Crippen molar-refractivity contribution in [2.75, 3.05) is 26.3 Å². The van der Waals surface area contributed by atoms with Gasteiger partial charge in [0.05, 0.1) is 24.9 Å². The van der Waals surface area contributed by atoms with Crippen molar-refractivity contribution < 1.29 is 19.0 Å². The number of anilines is 1. The Bertz CT molecular complexity index is 737. The number of urea groups is 1. The molecule has 0 spiro atoms. The lowest BCUT2D eigenvalue weighted by Gasteiger charge is -2.14. The molecule has 6 nitrogen and oxygen atoms in total. The summed E-state index contributed by atoms with van der Waals surface area (Å²) >= 11 is 6.04. The molecule has 25 heavy (non-hydrogen) atoms. The SMILES string of the molecule is CCc1ccccc1OCNC(=O)Nc1cc(OC)c(Cl)cc1OC. The molecule has 0 atom stereocenters. The molecule has 0 heterocycles. The van der Waals surface area contributed by atoms with E-state index in [1.54, 1.807) is 12.1 Å². The van der Waals surface area contributed by atoms with E-state index in [0.29, 0.717) is 22.2 Å². The summed E-state index contributed by atoms with van der Waals surface area (Å²) in [5.74, 6) is 1.61. The van der Waals surface area contributed by atoms with Crippen molar-refractivity contribution in [3.8, 4) is 17.2 Å². The molecule has 134 valence electrons. The maximum Gasteiger partial charge on any atom is 0.321 e. The van der Waals surface area contributed by atoms with Crippen molar-refractivity contribution in [2.24, 2.45) is 0 Å². The third-order valence-corrected chi connectivity index (χ3v) is 3.83. The number of ether oxygens (including phenoxy) is 3. The third kappa shape index (κ3) is 4.93. The molecule has 2 aromatic carbocycles. The van der Waals surface area contributed by atoms with Crippen LogP contribution in [0.2, 0.25) is 5.02 Å². The molecule has 2 amide bonds. The second-order valence-corrected chi connectivity index (χ2v) is 5.48. The van der Waals surface area contributed by atoms with Crippen molar-refractivity contribution >= 4 is 23.3 Å². The zero-order valence-electron chi connectivity index (χ0n) is 14.4. The fourth-order valence-electron chi connectivity index (χ4n) is 2.24. The van der Waals surface area contributed by atoms with Gasteiger partial charge < -0.3 is 24.8 Å². The largest absolute Gasteiger partial charge is 0.495 e. The molecule has 0 saturated heterocycles. The van der Waals surface area contributed by atoms with Crippen LogP contribution in [0.25, 0.3) is 0 Å². The number of rotatable bonds is 7. The third-order valence-electron chi connectivity index (χ3n) is 3.54. The molecule has 0 aliphatic rings. The molecule has 0 aromatic heterocycles. The lowest BCUT2D eigenvalue weighted by Crippen LogP contribution is -2.32. The average Bonchev–Trinajstić information content (AvgIpc) is 2.63. The van der Waals surface area contributed by atoms with E-state index in [1.807, 2.05) is 31.2 Å². The number of hydrogen-bond acceptors (Lipinski definition) is 4. The van der Waals surface area contributed by atoms with E-state index in [9.17, 15) is 4.79 Å². The van der Waals surface area contributed by atoms with Gasteiger partial charge in [-0.3, -0.25) is 0 Å². The molecule has 0 aliphatic carbocycles. The van der Waals surface area contributed by atoms with Crippen LogP contribution in [0.1, 0.15) is 12.5 Å². The first-order valence-electron chi connectivity index (χ1n) is 7.76. The molecular weight excluding hydrogens is 344 g/mol. The number of benzene rings is 2. The normalized spacial score (nSPS) is 10.1. The predicted octanol–water partition coefficient (Wildman–Crippen LogP) is 4.08. The molecular formula is C18H21ClN2O4. The van der Waals surface area contributed by atoms with Gasteiger partial charge in [0.1, 0.15) is 17.2 Å². The minimum absolute atomic E-state index is 0.0376. The molecule has 0 fully saturated rings. The Morgan fingerprint density at radius 3 is 2.48 bits per heavy atom. The summed E-state index contributed by atoms with van der Waals surface area (Å²) in [6.07, 6.45) is 0.851. The molecule has 0 radical (unpaired) electrons. The molecule has 0 saturated carbocycles. The molecule has 7 heteroatoms. The molecule has 0 aliphatic heterocycles. The fraction of sp³-hybridized carbons (Fsp3) is 0.278. The smallest absolute Gasteiger partial charge is 0.321 e. The molecule has 2 aromatic rings. The number of amides is 2. The Morgan fingerprint density at radius 1 is 1.08 bits per heavy atom. The number of aryl methyl sites for hydroxylation is 1. The molecule has 2 rings (SSSR count). The predicted molar refractivity (Wildman–Crippen MR) is 98.0 cm³/mol. The summed E-state index contributed by atoms with van der Waals surface area (Å²) in [6.45, 7) is 2.08. The van der Waals surface area contributed by atoms with Crippen molar-refractivity contribution in [1.29, 1.82) is 0 Å². The van der Waals surface area contributed by atoms with E-state index < -0.39 is 6.03 Å². The Kier molecular flexibility index (Phi) is 6.77. The first kappa shape index (κ1) is 18.7. The van der Waals surface area contributed by atoms with E-state index in [2.05, 4.69) is 10.6 Å². The number of carbonyl (C=O) groups excluding carboxylic acids is 1. The zero-order chi connectivity index (χ0) is 18.2. The van der Waals surface area contributed by atoms with E-state index in [0.717, 1.165) is 17.7 Å². The quantitative estimate of drug-likeness (QED) is 0.726. The van der Waals surface area contributed by atoms with Gasteiger partial charge in [-0.05, 0) is 18.1 Å². The van der Waals surface area contributed by atoms with Crippen LogP contribution in [0.3, 0.4) is 0 Å². The number of carbonyl (C=O) groups is 1. The van der Waals surface area contributed by atoms with Gasteiger partial charge in [0.25, 0.3) is 0 Å². The summed E-state index contributed by atoms with van der Waals surface area (Å²) in [5.41, 5.74) is 1.52. The highest BCUT2D eigenvalue weighted by Crippen LogP contribution is 2.35. The Balaban J connectivity index is 1.96. The van der Waals surface area contributed by atoms with Crippen molar-refractivity contribution in [3.63, 3.8) is 0 Å². The monoisotopic (exact) mass is 364 g/mol. The molecule has 2 N–H and O–H groups in total. The number of halogens is 1. The van der Waals surface area contributed by atoms with Crippen molar-refractivity contribution in [1.82, 2.24) is 5.32 Å². The Morgan fingerprint density at radius 2 is 1.80 bits per heavy atom. The summed E-state index contributed by atoms with van der Waals surface area (Å²) in [4.78, 5) is 12.1. The highest BCUT2D eigenvalue weighted by molar-refractivity contribution is 6.32. The van der Waals surface area contributed by atoms with Crippen LogP contribution in [0.4, 0.5) is 10.5 Å². The van der Waals surface area contributed by atoms with E-state index in [-0.39, 0.29) is 6.73 Å². The number of nitrogens with one attached hydrogen (secondary N) is 2. The van der Waals surface area contributed by atoms with Gasteiger partial charge in [-0.1, -0.05) is 36.7 Å². The van der Waals surface area contributed by atoms with Crippen LogP contribution in [0.15, 0.2) is 36.4 Å². The minimum atomic E-state index is -0.434. The summed E-state index contributed by atoms with van der Waals surface area (Å²) in [6, 6.07) is 10.4. The van der Waals surface area contributed by atoms with Crippen LogP contribution in [0.5, 0.6) is 17.2 Å². The number of para-hydroxylation sites is 1. The highest BCUT2D eigenvalue weighted by Gasteiger charge is 2.12. The van der Waals surface area contributed by atoms with Gasteiger partial charge >= 0.3 is 6.03 Å². The summed E-state index contributed by atoms with van der Waals surface area (Å²) in [7, 11) is 2.99. The van der Waals surface area contributed by atoms with E-state index in [4.69, 9.17) is 25.8 Å². The zero-order valence-corrected chi connectivity index (χ0v) is 15.1. The Hall–Kier alpha value is -2.60. The van der Waals surface area contributed by atoms with Crippen LogP contribution in [-0.4, -0.2) is 27.0 Å². The Labute approximate surface area is 152 Å². The highest BCUT2D eigenvalue weighted by atomic mass is 35.5. The second kappa shape index (κ2) is 9.03. The summed E-state index contributed by atoms with van der Waals surface area (Å²) < 4.78 is 16.0. The first-order valence-corrected chi connectivity index (χ1v) is 8.13. The number of hydrogen-bond donors (Lipinski definition) is 2. The van der Waals surface area contributed by atoms with Gasteiger partial charge in [-0.25, -0.2) is 4.79 Å². The van der Waals surface area contributed by atoms with Gasteiger partial charge in [-0.15, -0.1) is 0 Å². The second-order valence-electron chi connectivity index (χ2n) is 5.07. The maximum atomic E-state index is 12.1. The molecule has 0 bridgehead atoms. The summed E-state index contributed by atoms with van der Waals surface area (Å²) in [5, 5.41) is 5.71. The van der Waals surface area contributed by atoms with Gasteiger partial charge in [-0.2, -0.15) is 0 Å². The molecule has 0 unspecified atom stereocenters. The standard InChI is InChI=1S/C18H21ClN2O4/c1-4-12-7-5-6-8-15(12)25-11-20-18(22)21-14-10-16(23-2)13(19)9-17(14)24-3/h5-10H,4,11H2,1-3H3,(H2,20,21,22). The lowest BCUT2D eigenvalue weighted by molar-refractivity contribution is 0.234. The van der Waals surface area contributed by atoms with Gasteiger partial charge in [0, 0.05) is 12.1 Å². The van der Waals surface area contributed by atoms with Crippen LogP contribution < -0.4 is 24.8 Å². The van der Waals surface area contributed by atoms with Crippen molar-refractivity contribution in [3.05, 3.63) is 47.0 Å². The van der Waals surface area contributed by atoms with Crippen LogP contribution in [0, 0.1) is 0 Å². The van der Waals surface area contributed by atoms with Crippen molar-refractivity contribution in [2.45, 2.75) is 13.3 Å². The topological polar surface area (TPSA) is 68.8 Å². The fourth-order valence-corrected chi connectivity index (χ4v) is 2.47. The van der Waals surface area contributed by atoms with E-state index in [1.165, 1.54) is 14.2 Å². The minimum Gasteiger partial charge on any atom is -0.495 e. The average molecular weight is 365 g/mol.